The minimum absolute atomic E-state index is 0.137. The number of carbonyl (C=O) groups is 1. The molecule has 1 aliphatic rings. The zero-order valence-electron chi connectivity index (χ0n) is 9.16. The van der Waals surface area contributed by atoms with Crippen LogP contribution in [0.5, 0.6) is 0 Å². The summed E-state index contributed by atoms with van der Waals surface area (Å²) in [4.78, 5) is 13.5. The second-order valence-corrected chi connectivity index (χ2v) is 3.60. The summed E-state index contributed by atoms with van der Waals surface area (Å²) in [5.41, 5.74) is 0. The van der Waals surface area contributed by atoms with Crippen molar-refractivity contribution in [3.05, 3.63) is 0 Å². The molecule has 1 rings (SSSR count). The third-order valence-electron chi connectivity index (χ3n) is 2.45. The summed E-state index contributed by atoms with van der Waals surface area (Å²) in [5, 5.41) is 0. The van der Waals surface area contributed by atoms with Crippen LogP contribution in [0.3, 0.4) is 0 Å². The van der Waals surface area contributed by atoms with Gasteiger partial charge in [0, 0.05) is 13.1 Å². The summed E-state index contributed by atoms with van der Waals surface area (Å²) >= 11 is 0. The number of carbonyl (C=O) groups excluding carboxylic acids is 1. The molecule has 1 aliphatic heterocycles. The standard InChI is InChI=1S/C10H19NO3/c1-4-13-10(12)9(3)11-5-6-14-8(2)7-11/h8-9H,4-7H2,1-3H3. The van der Waals surface area contributed by atoms with Gasteiger partial charge in [0.15, 0.2) is 0 Å². The number of hydrogen-bond acceptors (Lipinski definition) is 4. The molecule has 2 unspecified atom stereocenters. The first-order chi connectivity index (χ1) is 6.65. The highest BCUT2D eigenvalue weighted by Crippen LogP contribution is 2.09. The van der Waals surface area contributed by atoms with E-state index in [1.807, 2.05) is 20.8 Å². The first-order valence-electron chi connectivity index (χ1n) is 5.17. The zero-order chi connectivity index (χ0) is 10.6. The van der Waals surface area contributed by atoms with Gasteiger partial charge in [-0.25, -0.2) is 0 Å². The van der Waals surface area contributed by atoms with E-state index in [1.165, 1.54) is 0 Å². The van der Waals surface area contributed by atoms with Crippen molar-refractivity contribution in [1.29, 1.82) is 0 Å². The monoisotopic (exact) mass is 201 g/mol. The largest absolute Gasteiger partial charge is 0.465 e. The average Bonchev–Trinajstić information content (AvgIpc) is 2.17. The van der Waals surface area contributed by atoms with E-state index in [0.717, 1.165) is 13.1 Å². The van der Waals surface area contributed by atoms with Crippen molar-refractivity contribution in [3.8, 4) is 0 Å². The van der Waals surface area contributed by atoms with Crippen LogP contribution in [0, 0.1) is 0 Å². The Balaban J connectivity index is 2.42. The van der Waals surface area contributed by atoms with Gasteiger partial charge in [-0.1, -0.05) is 0 Å². The SMILES string of the molecule is CCOC(=O)C(C)N1CCOC(C)C1. The predicted octanol–water partition coefficient (Wildman–Crippen LogP) is 0.659. The summed E-state index contributed by atoms with van der Waals surface area (Å²) in [7, 11) is 0. The molecule has 1 fully saturated rings. The maximum atomic E-state index is 11.4. The third-order valence-corrected chi connectivity index (χ3v) is 2.45. The van der Waals surface area contributed by atoms with E-state index >= 15 is 0 Å². The Labute approximate surface area is 85.2 Å². The lowest BCUT2D eigenvalue weighted by Crippen LogP contribution is -2.49. The number of esters is 1. The predicted molar refractivity (Wildman–Crippen MR) is 53.1 cm³/mol. The Morgan fingerprint density at radius 1 is 1.71 bits per heavy atom. The van der Waals surface area contributed by atoms with Crippen molar-refractivity contribution in [1.82, 2.24) is 4.90 Å². The van der Waals surface area contributed by atoms with Crippen LogP contribution in [0.25, 0.3) is 0 Å². The van der Waals surface area contributed by atoms with Crippen LogP contribution in [0.15, 0.2) is 0 Å². The highest BCUT2D eigenvalue weighted by atomic mass is 16.5. The van der Waals surface area contributed by atoms with Gasteiger partial charge in [0.05, 0.1) is 19.3 Å². The molecular weight excluding hydrogens is 182 g/mol. The van der Waals surface area contributed by atoms with Gasteiger partial charge in [-0.3, -0.25) is 9.69 Å². The number of morpholine rings is 1. The molecule has 4 heteroatoms. The molecule has 0 spiro atoms. The van der Waals surface area contributed by atoms with Crippen LogP contribution in [0.2, 0.25) is 0 Å². The van der Waals surface area contributed by atoms with E-state index in [4.69, 9.17) is 9.47 Å². The zero-order valence-corrected chi connectivity index (χ0v) is 9.16. The smallest absolute Gasteiger partial charge is 0.323 e. The van der Waals surface area contributed by atoms with E-state index in [2.05, 4.69) is 4.90 Å². The molecule has 0 saturated carbocycles. The fourth-order valence-electron chi connectivity index (χ4n) is 1.61. The summed E-state index contributed by atoms with van der Waals surface area (Å²) in [6, 6.07) is -0.152. The molecule has 82 valence electrons. The van der Waals surface area contributed by atoms with Crippen molar-refractivity contribution in [3.63, 3.8) is 0 Å². The van der Waals surface area contributed by atoms with Crippen LogP contribution in [-0.4, -0.2) is 49.3 Å². The third kappa shape index (κ3) is 2.96. The lowest BCUT2D eigenvalue weighted by Gasteiger charge is -2.34. The van der Waals surface area contributed by atoms with Crippen molar-refractivity contribution >= 4 is 5.97 Å². The van der Waals surface area contributed by atoms with Crippen LogP contribution in [0.1, 0.15) is 20.8 Å². The number of ether oxygens (including phenoxy) is 2. The summed E-state index contributed by atoms with van der Waals surface area (Å²) < 4.78 is 10.4. The van der Waals surface area contributed by atoms with Gasteiger partial charge in [0.1, 0.15) is 6.04 Å². The maximum absolute atomic E-state index is 11.4. The molecule has 0 radical (unpaired) electrons. The first-order valence-corrected chi connectivity index (χ1v) is 5.17. The van der Waals surface area contributed by atoms with Crippen LogP contribution >= 0.6 is 0 Å². The van der Waals surface area contributed by atoms with Crippen molar-refractivity contribution in [2.45, 2.75) is 32.9 Å². The number of hydrogen-bond donors (Lipinski definition) is 0. The fourth-order valence-corrected chi connectivity index (χ4v) is 1.61. The van der Waals surface area contributed by atoms with E-state index in [9.17, 15) is 4.79 Å². The van der Waals surface area contributed by atoms with Crippen molar-refractivity contribution in [2.75, 3.05) is 26.3 Å². The van der Waals surface area contributed by atoms with Crippen molar-refractivity contribution in [2.24, 2.45) is 0 Å². The van der Waals surface area contributed by atoms with E-state index in [1.54, 1.807) is 0 Å². The topological polar surface area (TPSA) is 38.8 Å². The van der Waals surface area contributed by atoms with Crippen LogP contribution in [0.4, 0.5) is 0 Å². The molecule has 0 aromatic heterocycles. The van der Waals surface area contributed by atoms with Crippen molar-refractivity contribution < 1.29 is 14.3 Å². The second-order valence-electron chi connectivity index (χ2n) is 3.60. The molecule has 0 aliphatic carbocycles. The lowest BCUT2D eigenvalue weighted by atomic mass is 10.2. The molecule has 1 saturated heterocycles. The molecule has 0 aromatic rings. The molecular formula is C10H19NO3. The van der Waals surface area contributed by atoms with Crippen LogP contribution < -0.4 is 0 Å². The van der Waals surface area contributed by atoms with Gasteiger partial charge < -0.3 is 9.47 Å². The van der Waals surface area contributed by atoms with Gasteiger partial charge in [0.25, 0.3) is 0 Å². The van der Waals surface area contributed by atoms with Gasteiger partial charge >= 0.3 is 5.97 Å². The van der Waals surface area contributed by atoms with Gasteiger partial charge in [-0.05, 0) is 20.8 Å². The average molecular weight is 201 g/mol. The quantitative estimate of drug-likeness (QED) is 0.629. The first kappa shape index (κ1) is 11.5. The Kier molecular flexibility index (Phi) is 4.35. The number of rotatable bonds is 3. The number of nitrogens with zero attached hydrogens (tertiary/aromatic N) is 1. The Morgan fingerprint density at radius 3 is 3.00 bits per heavy atom. The van der Waals surface area contributed by atoms with Crippen LogP contribution in [-0.2, 0) is 14.3 Å². The molecule has 0 N–H and O–H groups in total. The van der Waals surface area contributed by atoms with Gasteiger partial charge in [-0.15, -0.1) is 0 Å². The Bertz CT molecular complexity index is 196. The molecule has 0 bridgehead atoms. The molecule has 2 atom stereocenters. The van der Waals surface area contributed by atoms with Gasteiger partial charge in [-0.2, -0.15) is 0 Å². The van der Waals surface area contributed by atoms with E-state index < -0.39 is 0 Å². The summed E-state index contributed by atoms with van der Waals surface area (Å²) in [5.74, 6) is -0.137. The highest BCUT2D eigenvalue weighted by Gasteiger charge is 2.26. The molecule has 0 amide bonds. The minimum atomic E-state index is -0.152. The summed E-state index contributed by atoms with van der Waals surface area (Å²) in [6.45, 7) is 8.49. The van der Waals surface area contributed by atoms with E-state index in [0.29, 0.717) is 13.2 Å². The van der Waals surface area contributed by atoms with Gasteiger partial charge in [0.2, 0.25) is 0 Å². The normalized spacial score (nSPS) is 25.8. The fraction of sp³-hybridized carbons (Fsp3) is 0.900. The Hall–Kier alpha value is -0.610. The van der Waals surface area contributed by atoms with E-state index in [-0.39, 0.29) is 18.1 Å². The molecule has 4 nitrogen and oxygen atoms in total. The Morgan fingerprint density at radius 2 is 2.43 bits per heavy atom. The molecule has 14 heavy (non-hydrogen) atoms. The second kappa shape index (κ2) is 5.32. The molecule has 1 heterocycles. The highest BCUT2D eigenvalue weighted by molar-refractivity contribution is 5.75. The summed E-state index contributed by atoms with van der Waals surface area (Å²) in [6.07, 6.45) is 0.209. The molecule has 0 aromatic carbocycles. The lowest BCUT2D eigenvalue weighted by molar-refractivity contribution is -0.151. The minimum Gasteiger partial charge on any atom is -0.465 e. The maximum Gasteiger partial charge on any atom is 0.323 e.